The molecule has 7 nitrogen and oxygen atoms in total. The highest BCUT2D eigenvalue weighted by molar-refractivity contribution is 7.17. The van der Waals surface area contributed by atoms with E-state index in [2.05, 4.69) is 20.9 Å². The first-order chi connectivity index (χ1) is 17.2. The molecular weight excluding hydrogens is 460 g/mol. The molecule has 2 aromatic heterocycles. The van der Waals surface area contributed by atoms with Crippen LogP contribution in [-0.4, -0.2) is 54.5 Å². The van der Waals surface area contributed by atoms with Gasteiger partial charge in [0.15, 0.2) is 5.78 Å². The van der Waals surface area contributed by atoms with Crippen LogP contribution < -0.4 is 9.80 Å². The molecule has 1 aliphatic carbocycles. The Bertz CT molecular complexity index is 1260. The van der Waals surface area contributed by atoms with Crippen molar-refractivity contribution in [1.29, 1.82) is 0 Å². The molecule has 0 N–H and O–H groups in total. The smallest absolute Gasteiger partial charge is 0.277 e. The predicted octanol–water partition coefficient (Wildman–Crippen LogP) is 4.62. The molecule has 0 bridgehead atoms. The zero-order valence-electron chi connectivity index (χ0n) is 19.6. The van der Waals surface area contributed by atoms with Crippen LogP contribution >= 0.6 is 11.3 Å². The molecule has 1 amide bonds. The number of carbonyl (C=O) groups excluding carboxylic acids is 2. The Morgan fingerprint density at radius 3 is 2.86 bits per heavy atom. The molecule has 3 aliphatic rings. The first-order valence-corrected chi connectivity index (χ1v) is 13.2. The lowest BCUT2D eigenvalue weighted by Gasteiger charge is -2.24. The number of benzene rings is 1. The Hall–Kier alpha value is -3.10. The topological polar surface area (TPSA) is 75.6 Å². The normalized spacial score (nSPS) is 17.8. The van der Waals surface area contributed by atoms with E-state index in [1.54, 1.807) is 23.6 Å². The number of ether oxygens (including phenoxy) is 1. The van der Waals surface area contributed by atoms with Gasteiger partial charge in [0.1, 0.15) is 5.69 Å². The second-order valence-corrected chi connectivity index (χ2v) is 10.5. The van der Waals surface area contributed by atoms with Gasteiger partial charge >= 0.3 is 0 Å². The minimum absolute atomic E-state index is 0.132. The van der Waals surface area contributed by atoms with Crippen molar-refractivity contribution in [3.8, 4) is 10.4 Å². The number of fused-ring (bicyclic) bond motifs is 3. The van der Waals surface area contributed by atoms with Gasteiger partial charge in [0.05, 0.1) is 17.2 Å². The quantitative estimate of drug-likeness (QED) is 0.488. The third kappa shape index (κ3) is 4.60. The summed E-state index contributed by atoms with van der Waals surface area (Å²) in [7, 11) is 0. The molecule has 180 valence electrons. The fourth-order valence-corrected chi connectivity index (χ4v) is 6.03. The molecule has 1 aromatic carbocycles. The maximum absolute atomic E-state index is 13.7. The summed E-state index contributed by atoms with van der Waals surface area (Å²) in [6.45, 7) is 3.43. The highest BCUT2D eigenvalue weighted by atomic mass is 32.1. The number of carbonyl (C=O) groups is 2. The van der Waals surface area contributed by atoms with Crippen molar-refractivity contribution < 1.29 is 14.3 Å². The third-order valence-electron chi connectivity index (χ3n) is 6.91. The molecular formula is C27H28N4O3S. The molecule has 1 saturated carbocycles. The summed E-state index contributed by atoms with van der Waals surface area (Å²) >= 11 is 1.57. The van der Waals surface area contributed by atoms with Gasteiger partial charge < -0.3 is 14.5 Å². The van der Waals surface area contributed by atoms with Crippen molar-refractivity contribution in [2.75, 3.05) is 42.6 Å². The maximum Gasteiger partial charge on any atom is 0.277 e. The number of para-hydroxylation sites is 1. The second-order valence-electron chi connectivity index (χ2n) is 9.45. The molecule has 0 unspecified atom stereocenters. The number of nitrogens with zero attached hydrogens (tertiary/aromatic N) is 4. The SMILES string of the molecule is O=C(CC1CC1)c1cc2c(s1)-c1ccccc1N(C(=O)c1ccnc(N3CCCOCC3)n1)CC2. The Balaban J connectivity index is 1.30. The number of anilines is 2. The van der Waals surface area contributed by atoms with Crippen molar-refractivity contribution >= 4 is 34.7 Å². The number of thiophene rings is 1. The molecule has 0 spiro atoms. The zero-order chi connectivity index (χ0) is 23.8. The summed E-state index contributed by atoms with van der Waals surface area (Å²) in [4.78, 5) is 41.4. The van der Waals surface area contributed by atoms with Gasteiger partial charge in [0, 0.05) is 49.3 Å². The van der Waals surface area contributed by atoms with Gasteiger partial charge in [-0.15, -0.1) is 11.3 Å². The average Bonchev–Trinajstić information content (AvgIpc) is 3.68. The van der Waals surface area contributed by atoms with Gasteiger partial charge in [-0.2, -0.15) is 0 Å². The summed E-state index contributed by atoms with van der Waals surface area (Å²) in [5, 5.41) is 0. The molecule has 2 aliphatic heterocycles. The maximum atomic E-state index is 13.7. The van der Waals surface area contributed by atoms with Crippen LogP contribution in [0.1, 0.15) is 51.4 Å². The summed E-state index contributed by atoms with van der Waals surface area (Å²) in [5.74, 6) is 1.27. The van der Waals surface area contributed by atoms with E-state index in [4.69, 9.17) is 4.74 Å². The van der Waals surface area contributed by atoms with Crippen molar-refractivity contribution in [3.63, 3.8) is 0 Å². The van der Waals surface area contributed by atoms with E-state index in [0.717, 1.165) is 46.1 Å². The van der Waals surface area contributed by atoms with Gasteiger partial charge in [-0.05, 0) is 55.4 Å². The number of amides is 1. The number of ketones is 1. The van der Waals surface area contributed by atoms with Crippen molar-refractivity contribution in [2.45, 2.75) is 32.1 Å². The van der Waals surface area contributed by atoms with Gasteiger partial charge in [-0.1, -0.05) is 18.2 Å². The zero-order valence-corrected chi connectivity index (χ0v) is 20.4. The van der Waals surface area contributed by atoms with Gasteiger partial charge in [0.25, 0.3) is 5.91 Å². The van der Waals surface area contributed by atoms with Crippen molar-refractivity contribution in [3.05, 3.63) is 58.7 Å². The molecule has 0 atom stereocenters. The highest BCUT2D eigenvalue weighted by Crippen LogP contribution is 2.43. The molecule has 0 radical (unpaired) electrons. The van der Waals surface area contributed by atoms with Crippen LogP contribution in [0.15, 0.2) is 42.6 Å². The Labute approximate surface area is 208 Å². The number of aromatic nitrogens is 2. The van der Waals surface area contributed by atoms with E-state index in [9.17, 15) is 9.59 Å². The number of Topliss-reactive ketones (excluding diaryl/α,β-unsaturated/α-hetero) is 1. The largest absolute Gasteiger partial charge is 0.380 e. The second kappa shape index (κ2) is 9.51. The van der Waals surface area contributed by atoms with Gasteiger partial charge in [0.2, 0.25) is 5.95 Å². The van der Waals surface area contributed by atoms with Crippen LogP contribution in [0.4, 0.5) is 11.6 Å². The number of rotatable bonds is 5. The van der Waals surface area contributed by atoms with Crippen LogP contribution in [0.25, 0.3) is 10.4 Å². The van der Waals surface area contributed by atoms with E-state index in [-0.39, 0.29) is 11.7 Å². The van der Waals surface area contributed by atoms with Crippen LogP contribution in [0.2, 0.25) is 0 Å². The standard InChI is InChI=1S/C27H28N4O3S/c32-23(16-18-6-7-18)24-17-19-9-12-31(22-5-2-1-4-20(22)25(19)35-24)26(33)21-8-10-28-27(29-21)30-11-3-14-34-15-13-30/h1-2,4-5,8,10,17-18H,3,6-7,9,11-16H2. The third-order valence-corrected chi connectivity index (χ3v) is 8.16. The van der Waals surface area contributed by atoms with Crippen molar-refractivity contribution in [1.82, 2.24) is 9.97 Å². The van der Waals surface area contributed by atoms with Gasteiger partial charge in [-0.3, -0.25) is 9.59 Å². The molecule has 2 fully saturated rings. The van der Waals surface area contributed by atoms with E-state index in [1.165, 1.54) is 12.8 Å². The van der Waals surface area contributed by atoms with Gasteiger partial charge in [-0.25, -0.2) is 9.97 Å². The first-order valence-electron chi connectivity index (χ1n) is 12.4. The summed E-state index contributed by atoms with van der Waals surface area (Å²) in [6.07, 6.45) is 6.28. The monoisotopic (exact) mass is 488 g/mol. The van der Waals surface area contributed by atoms with Crippen LogP contribution in [-0.2, 0) is 11.2 Å². The lowest BCUT2D eigenvalue weighted by molar-refractivity contribution is 0.0972. The van der Waals surface area contributed by atoms with E-state index >= 15 is 0 Å². The fraction of sp³-hybridized carbons (Fsp3) is 0.407. The summed E-state index contributed by atoms with van der Waals surface area (Å²) < 4.78 is 5.55. The minimum Gasteiger partial charge on any atom is -0.380 e. The molecule has 8 heteroatoms. The molecule has 1 saturated heterocycles. The Morgan fingerprint density at radius 1 is 1.09 bits per heavy atom. The molecule has 4 heterocycles. The number of hydrogen-bond donors (Lipinski definition) is 0. The lowest BCUT2D eigenvalue weighted by atomic mass is 10.1. The van der Waals surface area contributed by atoms with E-state index in [0.29, 0.717) is 50.1 Å². The van der Waals surface area contributed by atoms with Crippen LogP contribution in [0, 0.1) is 5.92 Å². The van der Waals surface area contributed by atoms with Crippen LogP contribution in [0.3, 0.4) is 0 Å². The molecule has 6 rings (SSSR count). The first kappa shape index (κ1) is 22.4. The Morgan fingerprint density at radius 2 is 1.97 bits per heavy atom. The van der Waals surface area contributed by atoms with E-state index in [1.807, 2.05) is 29.2 Å². The number of hydrogen-bond acceptors (Lipinski definition) is 7. The summed E-state index contributed by atoms with van der Waals surface area (Å²) in [6, 6.07) is 11.7. The van der Waals surface area contributed by atoms with Crippen molar-refractivity contribution in [2.24, 2.45) is 5.92 Å². The summed E-state index contributed by atoms with van der Waals surface area (Å²) in [5.41, 5.74) is 3.40. The average molecular weight is 489 g/mol. The predicted molar refractivity (Wildman–Crippen MR) is 136 cm³/mol. The Kier molecular flexibility index (Phi) is 6.08. The van der Waals surface area contributed by atoms with E-state index < -0.39 is 0 Å². The minimum atomic E-state index is -0.132. The molecule has 35 heavy (non-hydrogen) atoms. The molecule has 3 aromatic rings. The lowest BCUT2D eigenvalue weighted by Crippen LogP contribution is -2.34. The fourth-order valence-electron chi connectivity index (χ4n) is 4.83. The van der Waals surface area contributed by atoms with Crippen LogP contribution in [0.5, 0.6) is 0 Å². The highest BCUT2D eigenvalue weighted by Gasteiger charge is 2.30.